The second-order valence-corrected chi connectivity index (χ2v) is 9.26. The fourth-order valence-corrected chi connectivity index (χ4v) is 4.76. The number of nitrogens with zero attached hydrogens (tertiary/aromatic N) is 2. The summed E-state index contributed by atoms with van der Waals surface area (Å²) in [6.45, 7) is 10.0. The summed E-state index contributed by atoms with van der Waals surface area (Å²) in [7, 11) is 0. The van der Waals surface area contributed by atoms with Crippen LogP contribution >= 0.6 is 11.6 Å². The molecule has 0 spiro atoms. The zero-order valence-corrected chi connectivity index (χ0v) is 18.9. The summed E-state index contributed by atoms with van der Waals surface area (Å²) in [6, 6.07) is 8.10. The zero-order chi connectivity index (χ0) is 22.1. The molecule has 0 saturated carbocycles. The number of aryl methyl sites for hydroxylation is 1. The van der Waals surface area contributed by atoms with E-state index in [1.165, 1.54) is 6.20 Å². The lowest BCUT2D eigenvalue weighted by Gasteiger charge is -2.45. The van der Waals surface area contributed by atoms with Crippen LogP contribution < -0.4 is 0 Å². The lowest BCUT2D eigenvalue weighted by atomic mass is 9.87. The molecule has 0 bridgehead atoms. The van der Waals surface area contributed by atoms with E-state index >= 15 is 0 Å². The highest BCUT2D eigenvalue weighted by Gasteiger charge is 2.35. The number of hydrogen-bond acceptors (Lipinski definition) is 4. The van der Waals surface area contributed by atoms with E-state index in [0.29, 0.717) is 33.9 Å². The minimum Gasteiger partial charge on any atom is -0.392 e. The van der Waals surface area contributed by atoms with Gasteiger partial charge in [-0.25, -0.2) is 9.37 Å². The van der Waals surface area contributed by atoms with Crippen LogP contribution in [0.4, 0.5) is 4.39 Å². The SMILES string of the molecule is CC1CN(C2COC2)CC(C)C1O.Cc1cc(Cl)cc(-c2ccnc3[nH]cc(F)c23)c1. The molecule has 2 N–H and O–H groups in total. The Morgan fingerprint density at radius 1 is 1.19 bits per heavy atom. The molecule has 0 radical (unpaired) electrons. The van der Waals surface area contributed by atoms with Crippen molar-refractivity contribution in [3.05, 3.63) is 53.1 Å². The molecule has 166 valence electrons. The molecule has 2 aromatic heterocycles. The van der Waals surface area contributed by atoms with Gasteiger partial charge in [-0.3, -0.25) is 4.90 Å². The highest BCUT2D eigenvalue weighted by Crippen LogP contribution is 2.31. The van der Waals surface area contributed by atoms with Gasteiger partial charge in [-0.1, -0.05) is 31.5 Å². The number of aliphatic hydroxyl groups is 1. The van der Waals surface area contributed by atoms with Crippen molar-refractivity contribution < 1.29 is 14.2 Å². The van der Waals surface area contributed by atoms with Crippen LogP contribution in [-0.2, 0) is 4.74 Å². The molecule has 2 aliphatic heterocycles. The average molecular weight is 446 g/mol. The Balaban J connectivity index is 0.000000158. The van der Waals surface area contributed by atoms with E-state index in [0.717, 1.165) is 43.0 Å². The number of fused-ring (bicyclic) bond motifs is 1. The number of hydrogen-bond donors (Lipinski definition) is 2. The van der Waals surface area contributed by atoms with Gasteiger partial charge in [0, 0.05) is 30.5 Å². The number of ether oxygens (including phenoxy) is 1. The third kappa shape index (κ3) is 4.77. The Morgan fingerprint density at radius 2 is 1.90 bits per heavy atom. The van der Waals surface area contributed by atoms with Gasteiger partial charge in [0.25, 0.3) is 0 Å². The third-order valence-electron chi connectivity index (χ3n) is 6.23. The molecule has 5 nitrogen and oxygen atoms in total. The number of likely N-dealkylation sites (tertiary alicyclic amines) is 1. The molecule has 7 heteroatoms. The van der Waals surface area contributed by atoms with Gasteiger partial charge in [-0.05, 0) is 53.6 Å². The first kappa shape index (κ1) is 22.2. The van der Waals surface area contributed by atoms with Gasteiger partial charge in [-0.2, -0.15) is 0 Å². The number of piperidine rings is 1. The topological polar surface area (TPSA) is 61.4 Å². The number of rotatable bonds is 2. The van der Waals surface area contributed by atoms with E-state index in [1.807, 2.05) is 25.1 Å². The molecular weight excluding hydrogens is 417 g/mol. The van der Waals surface area contributed by atoms with E-state index < -0.39 is 0 Å². The molecule has 1 aromatic carbocycles. The van der Waals surface area contributed by atoms with Crippen LogP contribution in [0.25, 0.3) is 22.2 Å². The second kappa shape index (κ2) is 9.25. The smallest absolute Gasteiger partial charge is 0.150 e. The van der Waals surface area contributed by atoms with Crippen molar-refractivity contribution in [2.24, 2.45) is 11.8 Å². The van der Waals surface area contributed by atoms with Crippen LogP contribution in [-0.4, -0.2) is 58.4 Å². The Kier molecular flexibility index (Phi) is 6.63. The van der Waals surface area contributed by atoms with Gasteiger partial charge >= 0.3 is 0 Å². The van der Waals surface area contributed by atoms with Gasteiger partial charge in [-0.15, -0.1) is 0 Å². The van der Waals surface area contributed by atoms with Crippen molar-refractivity contribution in [1.82, 2.24) is 14.9 Å². The van der Waals surface area contributed by atoms with Gasteiger partial charge in [0.1, 0.15) is 5.65 Å². The minimum atomic E-state index is -0.300. The van der Waals surface area contributed by atoms with E-state index in [1.54, 1.807) is 12.3 Å². The van der Waals surface area contributed by atoms with Crippen molar-refractivity contribution in [2.75, 3.05) is 26.3 Å². The maximum atomic E-state index is 13.8. The number of pyridine rings is 1. The number of halogens is 2. The summed E-state index contributed by atoms with van der Waals surface area (Å²) in [5.74, 6) is 0.513. The van der Waals surface area contributed by atoms with Gasteiger partial charge in [0.15, 0.2) is 5.82 Å². The summed E-state index contributed by atoms with van der Waals surface area (Å²) in [5.41, 5.74) is 3.27. The lowest BCUT2D eigenvalue weighted by molar-refractivity contribution is -0.104. The van der Waals surface area contributed by atoms with Crippen molar-refractivity contribution >= 4 is 22.6 Å². The predicted octanol–water partition coefficient (Wildman–Crippen LogP) is 4.66. The molecule has 0 aliphatic carbocycles. The summed E-state index contributed by atoms with van der Waals surface area (Å²) in [4.78, 5) is 9.38. The quantitative estimate of drug-likeness (QED) is 0.602. The number of nitrogens with one attached hydrogen (secondary N) is 1. The molecule has 4 heterocycles. The van der Waals surface area contributed by atoms with Crippen LogP contribution in [0.1, 0.15) is 19.4 Å². The van der Waals surface area contributed by atoms with Crippen molar-refractivity contribution in [3.63, 3.8) is 0 Å². The fourth-order valence-electron chi connectivity index (χ4n) is 4.47. The van der Waals surface area contributed by atoms with Crippen LogP contribution in [0.5, 0.6) is 0 Å². The van der Waals surface area contributed by atoms with Crippen molar-refractivity contribution in [1.29, 1.82) is 0 Å². The molecule has 2 atom stereocenters. The fraction of sp³-hybridized carbons (Fsp3) is 0.458. The zero-order valence-electron chi connectivity index (χ0n) is 18.1. The Hall–Kier alpha value is -1.99. The number of aliphatic hydroxyl groups excluding tert-OH is 1. The molecule has 0 amide bonds. The molecule has 5 rings (SSSR count). The summed E-state index contributed by atoms with van der Waals surface area (Å²) >= 11 is 6.05. The average Bonchev–Trinajstić information content (AvgIpc) is 3.06. The largest absolute Gasteiger partial charge is 0.392 e. The normalized spacial score (nSPS) is 24.5. The van der Waals surface area contributed by atoms with Crippen LogP contribution in [0.2, 0.25) is 5.02 Å². The Labute approximate surface area is 187 Å². The molecule has 3 aromatic rings. The summed E-state index contributed by atoms with van der Waals surface area (Å²) in [6.07, 6.45) is 2.86. The maximum Gasteiger partial charge on any atom is 0.150 e. The summed E-state index contributed by atoms with van der Waals surface area (Å²) < 4.78 is 19.0. The van der Waals surface area contributed by atoms with E-state index in [4.69, 9.17) is 16.3 Å². The Bertz CT molecular complexity index is 1020. The first-order valence-electron chi connectivity index (χ1n) is 10.7. The van der Waals surface area contributed by atoms with E-state index in [9.17, 15) is 9.50 Å². The minimum absolute atomic E-state index is 0.114. The standard InChI is InChI=1S/C14H10ClFN2.C10H19NO2/c1-8-4-9(6-10(15)5-8)11-2-3-17-14-13(11)12(16)7-18-14;1-7-3-11(9-5-13-6-9)4-8(2)10(7)12/h2-7H,1H3,(H,17,18);7-10,12H,3-6H2,1-2H3. The number of H-pyrrole nitrogens is 1. The highest BCUT2D eigenvalue weighted by molar-refractivity contribution is 6.31. The van der Waals surface area contributed by atoms with Crippen molar-refractivity contribution in [3.8, 4) is 11.1 Å². The van der Waals surface area contributed by atoms with Gasteiger partial charge < -0.3 is 14.8 Å². The van der Waals surface area contributed by atoms with Gasteiger partial charge in [0.05, 0.1) is 30.7 Å². The van der Waals surface area contributed by atoms with Crippen LogP contribution in [0.3, 0.4) is 0 Å². The monoisotopic (exact) mass is 445 g/mol. The molecule has 31 heavy (non-hydrogen) atoms. The predicted molar refractivity (Wildman–Crippen MR) is 122 cm³/mol. The molecule has 2 aliphatic rings. The molecular formula is C24H29ClFN3O2. The van der Waals surface area contributed by atoms with Crippen molar-refractivity contribution in [2.45, 2.75) is 32.9 Å². The second-order valence-electron chi connectivity index (χ2n) is 8.83. The molecule has 2 saturated heterocycles. The number of aromatic nitrogens is 2. The maximum absolute atomic E-state index is 13.8. The molecule has 2 unspecified atom stereocenters. The first-order chi connectivity index (χ1) is 14.8. The molecule has 2 fully saturated rings. The third-order valence-corrected chi connectivity index (χ3v) is 6.44. The number of aromatic amines is 1. The van der Waals surface area contributed by atoms with Crippen LogP contribution in [0, 0.1) is 24.6 Å². The highest BCUT2D eigenvalue weighted by atomic mass is 35.5. The van der Waals surface area contributed by atoms with Gasteiger partial charge in [0.2, 0.25) is 0 Å². The Morgan fingerprint density at radius 3 is 2.52 bits per heavy atom. The first-order valence-corrected chi connectivity index (χ1v) is 11.1. The number of benzene rings is 1. The van der Waals surface area contributed by atoms with E-state index in [2.05, 4.69) is 28.7 Å². The van der Waals surface area contributed by atoms with Crippen LogP contribution in [0.15, 0.2) is 36.7 Å². The van der Waals surface area contributed by atoms with E-state index in [-0.39, 0.29) is 11.9 Å². The summed E-state index contributed by atoms with van der Waals surface area (Å²) in [5, 5.41) is 10.9. The lowest BCUT2D eigenvalue weighted by Crippen LogP contribution is -2.57.